The number of rotatable bonds is 7. The molecule has 1 N–H and O–H groups in total. The first-order valence-corrected chi connectivity index (χ1v) is 11.7. The highest BCUT2D eigenvalue weighted by molar-refractivity contribution is 5.68. The van der Waals surface area contributed by atoms with E-state index in [0.717, 1.165) is 43.7 Å². The van der Waals surface area contributed by atoms with Crippen LogP contribution >= 0.6 is 0 Å². The highest BCUT2D eigenvalue weighted by atomic mass is 16.6. The average molecular weight is 443 g/mol. The second kappa shape index (κ2) is 10.4. The lowest BCUT2D eigenvalue weighted by Crippen LogP contribution is -2.43. The van der Waals surface area contributed by atoms with E-state index in [-0.39, 0.29) is 12.1 Å². The van der Waals surface area contributed by atoms with Gasteiger partial charge in [-0.15, -0.1) is 5.10 Å². The molecule has 1 aromatic heterocycles. The van der Waals surface area contributed by atoms with Crippen LogP contribution in [0, 0.1) is 0 Å². The van der Waals surface area contributed by atoms with E-state index < -0.39 is 5.60 Å². The van der Waals surface area contributed by atoms with E-state index in [1.807, 2.05) is 43.7 Å². The van der Waals surface area contributed by atoms with Crippen LogP contribution in [0.5, 0.6) is 0 Å². The lowest BCUT2D eigenvalue weighted by Gasteiger charge is -2.37. The van der Waals surface area contributed by atoms with Gasteiger partial charge in [0, 0.05) is 25.0 Å². The number of nitrogens with one attached hydrogen (secondary N) is 1. The molecule has 3 rings (SSSR count). The number of amides is 1. The van der Waals surface area contributed by atoms with Crippen molar-refractivity contribution >= 4 is 6.09 Å². The molecular formula is C24H38N6O2. The quantitative estimate of drug-likeness (QED) is 0.681. The van der Waals surface area contributed by atoms with Gasteiger partial charge in [0.05, 0.1) is 12.1 Å². The van der Waals surface area contributed by atoms with E-state index in [1.165, 1.54) is 0 Å². The van der Waals surface area contributed by atoms with Gasteiger partial charge in [0.2, 0.25) is 0 Å². The fraction of sp³-hybridized carbons (Fsp3) is 0.667. The van der Waals surface area contributed by atoms with Gasteiger partial charge in [-0.2, -0.15) is 0 Å². The molecule has 0 aliphatic carbocycles. The second-order valence-electron chi connectivity index (χ2n) is 10.1. The van der Waals surface area contributed by atoms with Crippen LogP contribution < -0.4 is 5.32 Å². The van der Waals surface area contributed by atoms with Gasteiger partial charge in [0.15, 0.2) is 5.82 Å². The van der Waals surface area contributed by atoms with Gasteiger partial charge in [-0.05, 0) is 62.9 Å². The van der Waals surface area contributed by atoms with Crippen molar-refractivity contribution in [2.75, 3.05) is 13.1 Å². The highest BCUT2D eigenvalue weighted by Gasteiger charge is 2.29. The molecule has 1 fully saturated rings. The summed E-state index contributed by atoms with van der Waals surface area (Å²) in [5, 5.41) is 15.5. The zero-order valence-electron chi connectivity index (χ0n) is 20.3. The molecule has 1 unspecified atom stereocenters. The third kappa shape index (κ3) is 6.51. The van der Waals surface area contributed by atoms with Gasteiger partial charge in [-0.1, -0.05) is 44.2 Å². The van der Waals surface area contributed by atoms with Crippen LogP contribution in [-0.4, -0.2) is 55.9 Å². The molecule has 2 atom stereocenters. The number of ether oxygens (including phenoxy) is 1. The fourth-order valence-corrected chi connectivity index (χ4v) is 4.32. The maximum absolute atomic E-state index is 12.5. The Hall–Kier alpha value is -2.48. The van der Waals surface area contributed by atoms with E-state index in [0.29, 0.717) is 18.0 Å². The molecule has 8 heteroatoms. The Labute approximate surface area is 191 Å². The van der Waals surface area contributed by atoms with Gasteiger partial charge in [-0.3, -0.25) is 0 Å². The number of hydrogen-bond donors (Lipinski definition) is 1. The largest absolute Gasteiger partial charge is 0.444 e. The van der Waals surface area contributed by atoms with Gasteiger partial charge in [-0.25, -0.2) is 9.48 Å². The zero-order valence-corrected chi connectivity index (χ0v) is 20.3. The Morgan fingerprint density at radius 2 is 1.81 bits per heavy atom. The van der Waals surface area contributed by atoms with E-state index >= 15 is 0 Å². The summed E-state index contributed by atoms with van der Waals surface area (Å²) in [5.74, 6) is 1.27. The fourth-order valence-electron chi connectivity index (χ4n) is 4.32. The molecule has 1 aromatic carbocycles. The van der Waals surface area contributed by atoms with Crippen molar-refractivity contribution in [3.8, 4) is 0 Å². The normalized spacial score (nSPS) is 17.8. The van der Waals surface area contributed by atoms with Crippen LogP contribution in [0.25, 0.3) is 0 Å². The highest BCUT2D eigenvalue weighted by Crippen LogP contribution is 2.28. The maximum Gasteiger partial charge on any atom is 0.408 e. The number of hydrogen-bond acceptors (Lipinski definition) is 6. The third-order valence-electron chi connectivity index (χ3n) is 5.97. The molecule has 2 aromatic rings. The molecular weight excluding hydrogens is 404 g/mol. The number of likely N-dealkylation sites (tertiary alicyclic amines) is 1. The predicted octanol–water partition coefficient (Wildman–Crippen LogP) is 4.48. The van der Waals surface area contributed by atoms with Crippen molar-refractivity contribution < 1.29 is 9.53 Å². The first-order chi connectivity index (χ1) is 15.1. The average Bonchev–Trinajstić information content (AvgIpc) is 3.23. The number of aromatic nitrogens is 4. The molecule has 8 nitrogen and oxygen atoms in total. The van der Waals surface area contributed by atoms with Gasteiger partial charge >= 0.3 is 6.09 Å². The minimum absolute atomic E-state index is 0.106. The molecule has 1 aliphatic heterocycles. The van der Waals surface area contributed by atoms with Gasteiger partial charge in [0.25, 0.3) is 0 Å². The molecule has 176 valence electrons. The van der Waals surface area contributed by atoms with Crippen LogP contribution in [-0.2, 0) is 4.74 Å². The van der Waals surface area contributed by atoms with Crippen LogP contribution in [0.2, 0.25) is 0 Å². The Balaban J connectivity index is 1.62. The Bertz CT molecular complexity index is 853. The number of tetrazole rings is 1. The third-order valence-corrected chi connectivity index (χ3v) is 5.97. The van der Waals surface area contributed by atoms with Crippen LogP contribution in [0.15, 0.2) is 30.3 Å². The zero-order chi connectivity index (χ0) is 23.3. The topological polar surface area (TPSA) is 85.2 Å². The van der Waals surface area contributed by atoms with Crippen molar-refractivity contribution in [1.82, 2.24) is 30.4 Å². The Morgan fingerprint density at radius 1 is 1.16 bits per heavy atom. The molecule has 0 radical (unpaired) electrons. The summed E-state index contributed by atoms with van der Waals surface area (Å²) >= 11 is 0. The van der Waals surface area contributed by atoms with E-state index in [4.69, 9.17) is 4.74 Å². The van der Waals surface area contributed by atoms with E-state index in [2.05, 4.69) is 58.6 Å². The van der Waals surface area contributed by atoms with E-state index in [1.54, 1.807) is 0 Å². The molecule has 0 spiro atoms. The summed E-state index contributed by atoms with van der Waals surface area (Å²) < 4.78 is 7.53. The SMILES string of the molecule is CC(C)c1nnnn1C1CCN(C(C)C[C@H](NC(=O)OC(C)(C)C)c2ccccc2)CC1. The van der Waals surface area contributed by atoms with Crippen molar-refractivity contribution in [1.29, 1.82) is 0 Å². The van der Waals surface area contributed by atoms with E-state index in [9.17, 15) is 4.79 Å². The van der Waals surface area contributed by atoms with Crippen molar-refractivity contribution in [2.45, 2.75) is 90.4 Å². The molecule has 0 bridgehead atoms. The maximum atomic E-state index is 12.5. The van der Waals surface area contributed by atoms with Crippen molar-refractivity contribution in [3.63, 3.8) is 0 Å². The number of piperidine rings is 1. The minimum Gasteiger partial charge on any atom is -0.444 e. The first kappa shape index (κ1) is 24.2. The van der Waals surface area contributed by atoms with Crippen molar-refractivity contribution in [2.24, 2.45) is 0 Å². The standard InChI is InChI=1S/C24H38N6O2/c1-17(2)22-26-27-28-30(22)20-12-14-29(15-13-20)18(3)16-21(19-10-8-7-9-11-19)25-23(31)32-24(4,5)6/h7-11,17-18,20-21H,12-16H2,1-6H3,(H,25,31)/t18?,21-/m0/s1. The van der Waals surface area contributed by atoms with Crippen molar-refractivity contribution in [3.05, 3.63) is 41.7 Å². The van der Waals surface area contributed by atoms with Crippen LogP contribution in [0.1, 0.15) is 90.2 Å². The Morgan fingerprint density at radius 3 is 2.41 bits per heavy atom. The molecule has 1 aliphatic rings. The molecule has 2 heterocycles. The minimum atomic E-state index is -0.524. The number of carbonyl (C=O) groups is 1. The summed E-state index contributed by atoms with van der Waals surface area (Å²) in [4.78, 5) is 15.0. The summed E-state index contributed by atoms with van der Waals surface area (Å²) in [6, 6.07) is 10.7. The number of benzene rings is 1. The summed E-state index contributed by atoms with van der Waals surface area (Å²) in [5.41, 5.74) is 0.569. The van der Waals surface area contributed by atoms with Crippen LogP contribution in [0.4, 0.5) is 4.79 Å². The summed E-state index contributed by atoms with van der Waals surface area (Å²) in [6.45, 7) is 14.1. The van der Waals surface area contributed by atoms with Gasteiger partial charge < -0.3 is 15.0 Å². The smallest absolute Gasteiger partial charge is 0.408 e. The number of nitrogens with zero attached hydrogens (tertiary/aromatic N) is 5. The number of alkyl carbamates (subject to hydrolysis) is 1. The summed E-state index contributed by atoms with van der Waals surface area (Å²) in [6.07, 6.45) is 2.47. The predicted molar refractivity (Wildman–Crippen MR) is 124 cm³/mol. The van der Waals surface area contributed by atoms with Crippen LogP contribution in [0.3, 0.4) is 0 Å². The first-order valence-electron chi connectivity index (χ1n) is 11.7. The van der Waals surface area contributed by atoms with Gasteiger partial charge in [0.1, 0.15) is 5.60 Å². The lowest BCUT2D eigenvalue weighted by atomic mass is 9.96. The molecule has 0 saturated carbocycles. The summed E-state index contributed by atoms with van der Waals surface area (Å²) in [7, 11) is 0. The number of carbonyl (C=O) groups excluding carboxylic acids is 1. The lowest BCUT2D eigenvalue weighted by molar-refractivity contribution is 0.0486. The second-order valence-corrected chi connectivity index (χ2v) is 10.1. The molecule has 1 amide bonds. The Kier molecular flexibility index (Phi) is 7.87. The monoisotopic (exact) mass is 442 g/mol. The molecule has 1 saturated heterocycles. The molecule has 32 heavy (non-hydrogen) atoms.